The normalized spacial score (nSPS) is 11.9. The fourth-order valence-electron chi connectivity index (χ4n) is 1.88. The average molecular weight is 321 g/mol. The highest BCUT2D eigenvalue weighted by Crippen LogP contribution is 2.18. The summed E-state index contributed by atoms with van der Waals surface area (Å²) in [6, 6.07) is 5.35. The fraction of sp³-hybridized carbons (Fsp3) is 0.267. The molecule has 2 rings (SSSR count). The van der Waals surface area contributed by atoms with Crippen LogP contribution >= 0.6 is 11.6 Å². The number of rotatable bonds is 7. The van der Waals surface area contributed by atoms with Gasteiger partial charge >= 0.3 is 0 Å². The maximum Gasteiger partial charge on any atom is 0.173 e. The summed E-state index contributed by atoms with van der Waals surface area (Å²) in [4.78, 5) is 8.55. The Morgan fingerprint density at radius 3 is 2.82 bits per heavy atom. The van der Waals surface area contributed by atoms with Crippen molar-refractivity contribution in [2.45, 2.75) is 6.29 Å². The Morgan fingerprint density at radius 2 is 2.14 bits per heavy atom. The zero-order chi connectivity index (χ0) is 15.9. The summed E-state index contributed by atoms with van der Waals surface area (Å²) in [6.07, 6.45) is 4.31. The van der Waals surface area contributed by atoms with E-state index in [0.29, 0.717) is 22.8 Å². The number of nitrogens with one attached hydrogen (secondary N) is 2. The van der Waals surface area contributed by atoms with Crippen LogP contribution in [0.5, 0.6) is 0 Å². The number of nitrogens with zero attached hydrogens (tertiary/aromatic N) is 2. The Labute approximate surface area is 133 Å². The van der Waals surface area contributed by atoms with Gasteiger partial charge in [0.15, 0.2) is 6.29 Å². The highest BCUT2D eigenvalue weighted by molar-refractivity contribution is 6.29. The number of aromatic nitrogens is 2. The molecular formula is C15H17ClN4O2. The second-order valence-electron chi connectivity index (χ2n) is 4.45. The molecule has 0 aromatic carbocycles. The summed E-state index contributed by atoms with van der Waals surface area (Å²) in [7, 11) is 3.14. The lowest BCUT2D eigenvalue weighted by Crippen LogP contribution is -2.26. The van der Waals surface area contributed by atoms with Crippen LogP contribution < -0.4 is 5.32 Å². The van der Waals surface area contributed by atoms with E-state index in [2.05, 4.69) is 15.3 Å². The number of ether oxygens (including phenoxy) is 2. The smallest absolute Gasteiger partial charge is 0.173 e. The molecule has 0 fully saturated rings. The Hall–Kier alpha value is -2.02. The quantitative estimate of drug-likeness (QED) is 0.465. The average Bonchev–Trinajstić information content (AvgIpc) is 2.54. The molecular weight excluding hydrogens is 304 g/mol. The lowest BCUT2D eigenvalue weighted by molar-refractivity contribution is -0.0971. The Morgan fingerprint density at radius 1 is 1.36 bits per heavy atom. The lowest BCUT2D eigenvalue weighted by atomic mass is 10.1. The van der Waals surface area contributed by atoms with Crippen molar-refractivity contribution in [1.29, 1.82) is 5.41 Å². The van der Waals surface area contributed by atoms with Crippen molar-refractivity contribution in [2.75, 3.05) is 20.8 Å². The molecule has 6 nitrogen and oxygen atoms in total. The summed E-state index contributed by atoms with van der Waals surface area (Å²) in [5.74, 6) is 0. The molecule has 0 spiro atoms. The van der Waals surface area contributed by atoms with Crippen LogP contribution in [0.3, 0.4) is 0 Å². The van der Waals surface area contributed by atoms with E-state index in [1.54, 1.807) is 32.7 Å². The van der Waals surface area contributed by atoms with Gasteiger partial charge in [-0.3, -0.25) is 4.98 Å². The predicted molar refractivity (Wildman–Crippen MR) is 87.1 cm³/mol. The van der Waals surface area contributed by atoms with E-state index in [4.69, 9.17) is 26.5 Å². The van der Waals surface area contributed by atoms with Gasteiger partial charge in [0, 0.05) is 44.0 Å². The molecule has 2 aromatic heterocycles. The van der Waals surface area contributed by atoms with Gasteiger partial charge in [-0.1, -0.05) is 11.6 Å². The first-order valence-electron chi connectivity index (χ1n) is 6.60. The van der Waals surface area contributed by atoms with Crippen LogP contribution in [-0.4, -0.2) is 43.2 Å². The van der Waals surface area contributed by atoms with E-state index in [0.717, 1.165) is 11.1 Å². The van der Waals surface area contributed by atoms with Crippen molar-refractivity contribution in [3.05, 3.63) is 41.3 Å². The lowest BCUT2D eigenvalue weighted by Gasteiger charge is -2.13. The van der Waals surface area contributed by atoms with Crippen LogP contribution in [0, 0.1) is 5.41 Å². The molecule has 0 saturated carbocycles. The van der Waals surface area contributed by atoms with E-state index in [9.17, 15) is 0 Å². The third-order valence-corrected chi connectivity index (χ3v) is 3.27. The standard InChI is InChI=1S/C15H17ClN4O2/c1-21-15(22-2)9-18-7-11(6-17)10-5-13-12(19-8-10)3-4-14(16)20-13/h3-8,15,17-18H,9H2,1-2H3/b11-7+,17-6?. The van der Waals surface area contributed by atoms with E-state index in [1.165, 1.54) is 6.21 Å². The number of hydrogen-bond acceptors (Lipinski definition) is 6. The van der Waals surface area contributed by atoms with Gasteiger partial charge in [-0.05, 0) is 18.2 Å². The molecule has 0 aliphatic heterocycles. The molecule has 22 heavy (non-hydrogen) atoms. The van der Waals surface area contributed by atoms with Crippen LogP contribution in [0.4, 0.5) is 0 Å². The number of methoxy groups -OCH3 is 2. The molecule has 0 bridgehead atoms. The molecule has 2 heterocycles. The van der Waals surface area contributed by atoms with Crippen LogP contribution in [0.1, 0.15) is 5.56 Å². The van der Waals surface area contributed by atoms with Crippen LogP contribution in [0.25, 0.3) is 16.6 Å². The predicted octanol–water partition coefficient (Wildman–Crippen LogP) is 2.48. The van der Waals surface area contributed by atoms with Crippen molar-refractivity contribution < 1.29 is 9.47 Å². The summed E-state index contributed by atoms with van der Waals surface area (Å²) in [5, 5.41) is 11.0. The van der Waals surface area contributed by atoms with Crippen LogP contribution in [0.2, 0.25) is 5.15 Å². The van der Waals surface area contributed by atoms with Gasteiger partial charge in [0.25, 0.3) is 0 Å². The Balaban J connectivity index is 2.21. The molecule has 2 N–H and O–H groups in total. The third-order valence-electron chi connectivity index (χ3n) is 3.06. The first kappa shape index (κ1) is 16.4. The monoisotopic (exact) mass is 320 g/mol. The summed E-state index contributed by atoms with van der Waals surface area (Å²) in [6.45, 7) is 0.468. The zero-order valence-electron chi connectivity index (χ0n) is 12.3. The number of halogens is 1. The van der Waals surface area contributed by atoms with Crippen LogP contribution in [0.15, 0.2) is 30.6 Å². The minimum absolute atomic E-state index is 0.349. The van der Waals surface area contributed by atoms with Crippen molar-refractivity contribution in [2.24, 2.45) is 0 Å². The number of fused-ring (bicyclic) bond motifs is 1. The molecule has 0 aliphatic carbocycles. The second kappa shape index (κ2) is 7.84. The fourth-order valence-corrected chi connectivity index (χ4v) is 2.03. The van der Waals surface area contributed by atoms with Gasteiger partial charge in [0.1, 0.15) is 5.15 Å². The number of pyridine rings is 2. The largest absolute Gasteiger partial charge is 0.385 e. The van der Waals surface area contributed by atoms with Crippen molar-refractivity contribution in [1.82, 2.24) is 15.3 Å². The minimum Gasteiger partial charge on any atom is -0.385 e. The maximum absolute atomic E-state index is 7.55. The van der Waals surface area contributed by atoms with Gasteiger partial charge in [0.2, 0.25) is 0 Å². The molecule has 2 aromatic rings. The zero-order valence-corrected chi connectivity index (χ0v) is 13.1. The topological polar surface area (TPSA) is 80.1 Å². The van der Waals surface area contributed by atoms with E-state index in [-0.39, 0.29) is 6.29 Å². The third kappa shape index (κ3) is 4.00. The SMILES string of the molecule is COC(CN/C=C(\C=N)c1cnc2ccc(Cl)nc2c1)OC. The Bertz CT molecular complexity index is 686. The van der Waals surface area contributed by atoms with Crippen molar-refractivity contribution in [3.8, 4) is 0 Å². The molecule has 7 heteroatoms. The number of allylic oxidation sites excluding steroid dienone is 1. The summed E-state index contributed by atoms with van der Waals surface area (Å²) < 4.78 is 10.2. The van der Waals surface area contributed by atoms with Gasteiger partial charge in [-0.2, -0.15) is 0 Å². The first-order valence-corrected chi connectivity index (χ1v) is 6.98. The molecule has 0 amide bonds. The van der Waals surface area contributed by atoms with Crippen LogP contribution in [-0.2, 0) is 9.47 Å². The minimum atomic E-state index is -0.349. The molecule has 0 radical (unpaired) electrons. The van der Waals surface area contributed by atoms with Gasteiger partial charge in [-0.15, -0.1) is 0 Å². The second-order valence-corrected chi connectivity index (χ2v) is 4.84. The van der Waals surface area contributed by atoms with E-state index < -0.39 is 0 Å². The number of hydrogen-bond donors (Lipinski definition) is 2. The molecule has 0 saturated heterocycles. The molecule has 0 atom stereocenters. The highest BCUT2D eigenvalue weighted by atomic mass is 35.5. The van der Waals surface area contributed by atoms with E-state index in [1.807, 2.05) is 12.1 Å². The Kier molecular flexibility index (Phi) is 5.83. The van der Waals surface area contributed by atoms with Gasteiger partial charge in [-0.25, -0.2) is 4.98 Å². The molecule has 116 valence electrons. The molecule has 0 unspecified atom stereocenters. The van der Waals surface area contributed by atoms with Gasteiger partial charge < -0.3 is 20.2 Å². The summed E-state index contributed by atoms with van der Waals surface area (Å²) in [5.41, 5.74) is 2.88. The first-order chi connectivity index (χ1) is 10.7. The van der Waals surface area contributed by atoms with Crippen molar-refractivity contribution in [3.63, 3.8) is 0 Å². The van der Waals surface area contributed by atoms with Gasteiger partial charge in [0.05, 0.1) is 17.6 Å². The highest BCUT2D eigenvalue weighted by Gasteiger charge is 2.05. The summed E-state index contributed by atoms with van der Waals surface area (Å²) >= 11 is 5.90. The van der Waals surface area contributed by atoms with E-state index >= 15 is 0 Å². The maximum atomic E-state index is 7.55. The van der Waals surface area contributed by atoms with Crippen molar-refractivity contribution >= 4 is 34.4 Å². The molecule has 0 aliphatic rings.